The number of ether oxygens (including phenoxy) is 1. The van der Waals surface area contributed by atoms with Gasteiger partial charge < -0.3 is 10.1 Å². The van der Waals surface area contributed by atoms with E-state index in [1.807, 2.05) is 0 Å². The number of alkyl halides is 3. The number of anilines is 1. The van der Waals surface area contributed by atoms with Crippen molar-refractivity contribution >= 4 is 17.6 Å². The largest absolute Gasteiger partial charge is 0.463 e. The third-order valence-electron chi connectivity index (χ3n) is 4.72. The van der Waals surface area contributed by atoms with Crippen LogP contribution in [0.25, 0.3) is 5.70 Å². The molecule has 3 aromatic rings. The first kappa shape index (κ1) is 19.7. The maximum atomic E-state index is 13.8. The molecule has 0 saturated heterocycles. The maximum Gasteiger partial charge on any atom is 0.416 e. The Bertz CT molecular complexity index is 1110. The van der Waals surface area contributed by atoms with Gasteiger partial charge in [0.1, 0.15) is 12.4 Å². The molecule has 0 spiro atoms. The zero-order valence-electron chi connectivity index (χ0n) is 15.8. The van der Waals surface area contributed by atoms with E-state index in [0.717, 1.165) is 6.07 Å². The molecule has 1 aromatic heterocycles. The molecule has 0 bridgehead atoms. The predicted octanol–water partition coefficient (Wildman–Crippen LogP) is 4.29. The highest BCUT2D eigenvalue weighted by atomic mass is 19.4. The lowest BCUT2D eigenvalue weighted by Crippen LogP contribution is -2.31. The highest BCUT2D eigenvalue weighted by molar-refractivity contribution is 6.02. The minimum atomic E-state index is -4.62. The van der Waals surface area contributed by atoms with Gasteiger partial charge >= 0.3 is 12.1 Å². The van der Waals surface area contributed by atoms with Gasteiger partial charge in [-0.15, -0.1) is 0 Å². The first-order valence-electron chi connectivity index (χ1n) is 9.21. The van der Waals surface area contributed by atoms with E-state index in [9.17, 15) is 18.0 Å². The molecule has 30 heavy (non-hydrogen) atoms. The Hall–Kier alpha value is -3.62. The van der Waals surface area contributed by atoms with E-state index in [1.54, 1.807) is 37.3 Å². The van der Waals surface area contributed by atoms with E-state index in [-0.39, 0.29) is 23.7 Å². The summed E-state index contributed by atoms with van der Waals surface area (Å²) in [5.41, 5.74) is 0.000801. The molecule has 0 radical (unpaired) electrons. The lowest BCUT2D eigenvalue weighted by molar-refractivity contribution is -0.140. The summed E-state index contributed by atoms with van der Waals surface area (Å²) < 4.78 is 47.9. The van der Waals surface area contributed by atoms with E-state index < -0.39 is 23.8 Å². The number of carbonyl (C=O) groups excluding carboxylic acids is 1. The highest BCUT2D eigenvalue weighted by Gasteiger charge is 2.42. The van der Waals surface area contributed by atoms with Gasteiger partial charge in [0.15, 0.2) is 0 Å². The van der Waals surface area contributed by atoms with Crippen LogP contribution in [0.5, 0.6) is 0 Å². The fourth-order valence-electron chi connectivity index (χ4n) is 3.50. The van der Waals surface area contributed by atoms with E-state index in [4.69, 9.17) is 4.74 Å². The fourth-order valence-corrected chi connectivity index (χ4v) is 3.50. The Labute approximate surface area is 170 Å². The molecule has 2 aromatic carbocycles. The third kappa shape index (κ3) is 3.42. The highest BCUT2D eigenvalue weighted by Crippen LogP contribution is 2.43. The summed E-state index contributed by atoms with van der Waals surface area (Å²) in [6.45, 7) is 1.71. The molecule has 1 aliphatic heterocycles. The van der Waals surface area contributed by atoms with Crippen molar-refractivity contribution in [1.82, 2.24) is 14.8 Å². The van der Waals surface area contributed by atoms with Crippen molar-refractivity contribution < 1.29 is 22.7 Å². The van der Waals surface area contributed by atoms with E-state index in [1.165, 1.54) is 29.2 Å². The van der Waals surface area contributed by atoms with E-state index >= 15 is 0 Å². The number of halogens is 3. The predicted molar refractivity (Wildman–Crippen MR) is 103 cm³/mol. The zero-order chi connectivity index (χ0) is 21.3. The number of benzene rings is 2. The quantitative estimate of drug-likeness (QED) is 0.646. The van der Waals surface area contributed by atoms with Crippen molar-refractivity contribution in [1.29, 1.82) is 0 Å². The van der Waals surface area contributed by atoms with Crippen LogP contribution < -0.4 is 5.32 Å². The number of nitrogens with zero attached hydrogens (tertiary/aromatic N) is 3. The summed E-state index contributed by atoms with van der Waals surface area (Å²) in [5, 5.41) is 7.12. The molecule has 1 unspecified atom stereocenters. The summed E-state index contributed by atoms with van der Waals surface area (Å²) in [5.74, 6) is -0.504. The van der Waals surface area contributed by atoms with Gasteiger partial charge in [-0.25, -0.2) is 9.48 Å². The van der Waals surface area contributed by atoms with Crippen molar-refractivity contribution in [3.05, 3.63) is 83.2 Å². The van der Waals surface area contributed by atoms with Crippen LogP contribution in [0, 0.1) is 0 Å². The number of aromatic nitrogens is 3. The molecule has 1 N–H and O–H groups in total. The Balaban J connectivity index is 2.02. The molecule has 2 heterocycles. The van der Waals surface area contributed by atoms with Crippen molar-refractivity contribution in [2.24, 2.45) is 0 Å². The van der Waals surface area contributed by atoms with Gasteiger partial charge in [-0.1, -0.05) is 48.5 Å². The Morgan fingerprint density at radius 3 is 2.53 bits per heavy atom. The van der Waals surface area contributed by atoms with Crippen molar-refractivity contribution in [3.63, 3.8) is 0 Å². The second-order valence-corrected chi connectivity index (χ2v) is 6.52. The molecule has 9 heteroatoms. The maximum absolute atomic E-state index is 13.8. The third-order valence-corrected chi connectivity index (χ3v) is 4.72. The van der Waals surface area contributed by atoms with Gasteiger partial charge in [-0.3, -0.25) is 0 Å². The van der Waals surface area contributed by atoms with Crippen molar-refractivity contribution in [3.8, 4) is 0 Å². The van der Waals surface area contributed by atoms with Gasteiger partial charge in [-0.05, 0) is 24.1 Å². The van der Waals surface area contributed by atoms with E-state index in [2.05, 4.69) is 15.4 Å². The first-order chi connectivity index (χ1) is 14.4. The molecule has 0 amide bonds. The molecular formula is C21H17F3N4O2. The van der Waals surface area contributed by atoms with Gasteiger partial charge in [0.25, 0.3) is 0 Å². The first-order valence-corrected chi connectivity index (χ1v) is 9.21. The molecule has 0 fully saturated rings. The number of esters is 1. The summed E-state index contributed by atoms with van der Waals surface area (Å²) >= 11 is 0. The van der Waals surface area contributed by atoms with Gasteiger partial charge in [0, 0.05) is 0 Å². The summed E-state index contributed by atoms with van der Waals surface area (Å²) in [6, 6.07) is 12.8. The average Bonchev–Trinajstić information content (AvgIpc) is 3.21. The fraction of sp³-hybridized carbons (Fsp3) is 0.190. The zero-order valence-corrected chi connectivity index (χ0v) is 15.8. The molecule has 6 nitrogen and oxygen atoms in total. The summed E-state index contributed by atoms with van der Waals surface area (Å²) in [6.07, 6.45) is -3.39. The second-order valence-electron chi connectivity index (χ2n) is 6.52. The van der Waals surface area contributed by atoms with Crippen LogP contribution in [-0.4, -0.2) is 27.3 Å². The number of carbonyl (C=O) groups is 1. The second kappa shape index (κ2) is 7.66. The monoisotopic (exact) mass is 414 g/mol. The van der Waals surface area contributed by atoms with Crippen LogP contribution in [-0.2, 0) is 15.7 Å². The smallest absolute Gasteiger partial charge is 0.416 e. The molecular weight excluding hydrogens is 397 g/mol. The standard InChI is InChI=1S/C21H17F3N4O2/c1-2-30-19(29)16-17(13-8-4-3-5-9-13)27-20-25-12-26-28(20)18(16)14-10-6-7-11-15(14)21(22,23)24/h3-12,18H,2H2,1H3,(H,25,26,27). The molecule has 1 atom stereocenters. The van der Waals surface area contributed by atoms with Crippen LogP contribution in [0.2, 0.25) is 0 Å². The molecule has 1 aliphatic rings. The van der Waals surface area contributed by atoms with Crippen LogP contribution in [0.1, 0.15) is 29.7 Å². The Kier molecular flexibility index (Phi) is 5.03. The molecule has 4 rings (SSSR count). The van der Waals surface area contributed by atoms with Crippen LogP contribution >= 0.6 is 0 Å². The van der Waals surface area contributed by atoms with Gasteiger partial charge in [0.2, 0.25) is 5.95 Å². The van der Waals surface area contributed by atoms with Gasteiger partial charge in [-0.2, -0.15) is 23.3 Å². The molecule has 154 valence electrons. The normalized spacial score (nSPS) is 16.1. The van der Waals surface area contributed by atoms with Crippen molar-refractivity contribution in [2.45, 2.75) is 19.1 Å². The summed E-state index contributed by atoms with van der Waals surface area (Å²) in [4.78, 5) is 17.1. The topological polar surface area (TPSA) is 69.0 Å². The number of nitrogens with one attached hydrogen (secondary N) is 1. The Morgan fingerprint density at radius 2 is 1.83 bits per heavy atom. The number of hydrogen-bond acceptors (Lipinski definition) is 5. The van der Waals surface area contributed by atoms with Crippen LogP contribution in [0.15, 0.2) is 66.5 Å². The number of hydrogen-bond donors (Lipinski definition) is 1. The van der Waals surface area contributed by atoms with Crippen LogP contribution in [0.4, 0.5) is 19.1 Å². The minimum absolute atomic E-state index is 0.0257. The molecule has 0 saturated carbocycles. The van der Waals surface area contributed by atoms with E-state index in [0.29, 0.717) is 11.3 Å². The minimum Gasteiger partial charge on any atom is -0.463 e. The number of rotatable bonds is 4. The lowest BCUT2D eigenvalue weighted by atomic mass is 9.90. The average molecular weight is 414 g/mol. The van der Waals surface area contributed by atoms with Gasteiger partial charge in [0.05, 0.1) is 23.4 Å². The van der Waals surface area contributed by atoms with Crippen molar-refractivity contribution in [2.75, 3.05) is 11.9 Å². The Morgan fingerprint density at radius 1 is 1.13 bits per heavy atom. The summed E-state index contributed by atoms with van der Waals surface area (Å²) in [7, 11) is 0. The number of fused-ring (bicyclic) bond motifs is 1. The lowest BCUT2D eigenvalue weighted by Gasteiger charge is -2.31. The molecule has 0 aliphatic carbocycles. The van der Waals surface area contributed by atoms with Crippen LogP contribution in [0.3, 0.4) is 0 Å². The SMILES string of the molecule is CCOC(=O)C1=C(c2ccccc2)Nc2ncnn2C1c1ccccc1C(F)(F)F.